The maximum absolute atomic E-state index is 13.1. The van der Waals surface area contributed by atoms with Gasteiger partial charge in [0.25, 0.3) is 5.91 Å². The molecule has 1 unspecified atom stereocenters. The van der Waals surface area contributed by atoms with Gasteiger partial charge in [0.1, 0.15) is 11.5 Å². The summed E-state index contributed by atoms with van der Waals surface area (Å²) >= 11 is 1.08. The van der Waals surface area contributed by atoms with E-state index in [2.05, 4.69) is 11.9 Å². The number of carbonyl (C=O) groups is 1. The van der Waals surface area contributed by atoms with Gasteiger partial charge in [-0.05, 0) is 80.1 Å². The van der Waals surface area contributed by atoms with E-state index in [4.69, 9.17) is 24.3 Å². The SMILES string of the molecule is C=C(NC(=O)c1cc(CC2CCO2)cc(Oc2ccc(S(C)(=O)=O)cc2)c1)S/C=C(\N)CP(=O)(OCC)OCC. The number of ether oxygens (including phenoxy) is 2. The van der Waals surface area contributed by atoms with Gasteiger partial charge in [-0.15, -0.1) is 0 Å². The fourth-order valence-electron chi connectivity index (χ4n) is 3.73. The van der Waals surface area contributed by atoms with Crippen LogP contribution in [-0.2, 0) is 34.6 Å². The Kier molecular flexibility index (Phi) is 11.4. The van der Waals surface area contributed by atoms with Crippen LogP contribution in [0.5, 0.6) is 11.5 Å². The molecule has 10 nitrogen and oxygen atoms in total. The molecule has 0 spiro atoms. The van der Waals surface area contributed by atoms with Gasteiger partial charge in [-0.2, -0.15) is 0 Å². The number of carbonyl (C=O) groups excluding carboxylic acids is 1. The zero-order valence-electron chi connectivity index (χ0n) is 22.8. The van der Waals surface area contributed by atoms with E-state index in [1.165, 1.54) is 17.5 Å². The van der Waals surface area contributed by atoms with Crippen LogP contribution in [0.1, 0.15) is 36.2 Å². The maximum Gasteiger partial charge on any atom is 0.336 e. The molecular formula is C27H35N2O8PS2. The second-order valence-electron chi connectivity index (χ2n) is 8.99. The van der Waals surface area contributed by atoms with E-state index < -0.39 is 23.3 Å². The molecule has 3 rings (SSSR count). The monoisotopic (exact) mass is 610 g/mol. The first kappa shape index (κ1) is 31.9. The second-order valence-corrected chi connectivity index (χ2v) is 14.0. The van der Waals surface area contributed by atoms with Crippen LogP contribution in [0.2, 0.25) is 0 Å². The second kappa shape index (κ2) is 14.3. The minimum atomic E-state index is -3.35. The Hall–Kier alpha value is -2.60. The number of nitrogens with two attached hydrogens (primary N) is 1. The van der Waals surface area contributed by atoms with E-state index in [0.717, 1.165) is 30.0 Å². The van der Waals surface area contributed by atoms with E-state index in [1.54, 1.807) is 38.1 Å². The Labute approximate surface area is 239 Å². The molecule has 1 aliphatic heterocycles. The average Bonchev–Trinajstić information content (AvgIpc) is 2.85. The summed E-state index contributed by atoms with van der Waals surface area (Å²) in [6.45, 7) is 8.47. The zero-order chi connectivity index (χ0) is 29.3. The third-order valence-electron chi connectivity index (χ3n) is 5.61. The first-order valence-electron chi connectivity index (χ1n) is 12.6. The van der Waals surface area contributed by atoms with E-state index in [9.17, 15) is 17.8 Å². The van der Waals surface area contributed by atoms with Gasteiger partial charge in [0.05, 0.1) is 35.4 Å². The van der Waals surface area contributed by atoms with Gasteiger partial charge >= 0.3 is 7.60 Å². The highest BCUT2D eigenvalue weighted by Gasteiger charge is 2.24. The predicted molar refractivity (Wildman–Crippen MR) is 156 cm³/mol. The molecule has 3 N–H and O–H groups in total. The smallest absolute Gasteiger partial charge is 0.336 e. The molecule has 1 fully saturated rings. The molecule has 1 amide bonds. The van der Waals surface area contributed by atoms with Gasteiger partial charge in [0, 0.05) is 24.1 Å². The number of hydrogen-bond acceptors (Lipinski definition) is 10. The van der Waals surface area contributed by atoms with Gasteiger partial charge in [-0.3, -0.25) is 9.36 Å². The van der Waals surface area contributed by atoms with Crippen LogP contribution in [-0.4, -0.2) is 52.7 Å². The number of allylic oxidation sites excluding steroid dienone is 1. The summed E-state index contributed by atoms with van der Waals surface area (Å²) in [6, 6.07) is 11.2. The molecular weight excluding hydrogens is 575 g/mol. The third kappa shape index (κ3) is 9.79. The number of hydrogen-bond donors (Lipinski definition) is 2. The Morgan fingerprint density at radius 1 is 1.18 bits per heavy atom. The molecule has 1 aliphatic rings. The number of nitrogens with one attached hydrogen (secondary N) is 1. The summed E-state index contributed by atoms with van der Waals surface area (Å²) in [7, 11) is -6.68. The van der Waals surface area contributed by atoms with E-state index in [1.807, 2.05) is 6.07 Å². The van der Waals surface area contributed by atoms with Crippen LogP contribution in [0.15, 0.2) is 70.1 Å². The molecule has 0 aromatic heterocycles. The number of benzene rings is 2. The van der Waals surface area contributed by atoms with E-state index in [-0.39, 0.29) is 36.1 Å². The van der Waals surface area contributed by atoms with Crippen molar-refractivity contribution in [2.45, 2.75) is 37.7 Å². The highest BCUT2D eigenvalue weighted by molar-refractivity contribution is 8.05. The molecule has 2 aromatic carbocycles. The lowest BCUT2D eigenvalue weighted by atomic mass is 10.0. The largest absolute Gasteiger partial charge is 0.457 e. The summed E-state index contributed by atoms with van der Waals surface area (Å²) in [4.78, 5) is 13.3. The Balaban J connectivity index is 1.71. The quantitative estimate of drug-likeness (QED) is 0.258. The number of amides is 1. The predicted octanol–water partition coefficient (Wildman–Crippen LogP) is 5.21. The zero-order valence-corrected chi connectivity index (χ0v) is 25.3. The highest BCUT2D eigenvalue weighted by Crippen LogP contribution is 2.49. The number of thioether (sulfide) groups is 1. The first-order chi connectivity index (χ1) is 18.9. The Bertz CT molecular complexity index is 1380. The third-order valence-corrected chi connectivity index (χ3v) is 9.60. The molecule has 0 radical (unpaired) electrons. The Morgan fingerprint density at radius 2 is 1.82 bits per heavy atom. The van der Waals surface area contributed by atoms with Crippen molar-refractivity contribution in [3.05, 3.63) is 76.3 Å². The van der Waals surface area contributed by atoms with E-state index in [0.29, 0.717) is 35.1 Å². The van der Waals surface area contributed by atoms with E-state index >= 15 is 0 Å². The van der Waals surface area contributed by atoms with Crippen LogP contribution < -0.4 is 15.8 Å². The summed E-state index contributed by atoms with van der Waals surface area (Å²) < 4.78 is 58.2. The molecule has 1 saturated heterocycles. The molecule has 0 bridgehead atoms. The van der Waals surface area contributed by atoms with Crippen LogP contribution in [0.3, 0.4) is 0 Å². The lowest BCUT2D eigenvalue weighted by Crippen LogP contribution is -2.29. The maximum atomic E-state index is 13.1. The van der Waals surface area contributed by atoms with Crippen molar-refractivity contribution < 1.29 is 36.3 Å². The van der Waals surface area contributed by atoms with Gasteiger partial charge in [0.15, 0.2) is 9.84 Å². The fraction of sp³-hybridized carbons (Fsp3) is 0.370. The molecule has 13 heteroatoms. The molecule has 1 heterocycles. The van der Waals surface area contributed by atoms with Crippen LogP contribution in [0, 0.1) is 0 Å². The first-order valence-corrected chi connectivity index (χ1v) is 17.1. The average molecular weight is 611 g/mol. The van der Waals surface area contributed by atoms with Crippen molar-refractivity contribution in [3.63, 3.8) is 0 Å². The Morgan fingerprint density at radius 3 is 2.38 bits per heavy atom. The minimum absolute atomic E-state index is 0.0724. The van der Waals surface area contributed by atoms with Gasteiger partial charge < -0.3 is 29.6 Å². The van der Waals surface area contributed by atoms with Crippen LogP contribution >= 0.6 is 19.4 Å². The van der Waals surface area contributed by atoms with Gasteiger partial charge in [-0.1, -0.05) is 18.3 Å². The van der Waals surface area contributed by atoms with Crippen molar-refractivity contribution in [1.29, 1.82) is 0 Å². The van der Waals surface area contributed by atoms with Crippen LogP contribution in [0.4, 0.5) is 0 Å². The molecule has 1 atom stereocenters. The van der Waals surface area contributed by atoms with Crippen LogP contribution in [0.25, 0.3) is 0 Å². The number of rotatable bonds is 15. The number of sulfone groups is 1. The topological polar surface area (TPSA) is 143 Å². The standard InChI is InChI=1S/C27H35N2O8PS2/c1-5-35-38(31,36-6-2)17-22(28)18-39-19(3)29-27(30)21-13-20(14-24-11-12-34-24)15-25(16-21)37-23-7-9-26(10-8-23)40(4,32)33/h7-10,13,15-16,18,24H,3,5-6,11-12,14,17,28H2,1-2,4H3,(H,29,30)/b22-18-. The molecule has 0 aliphatic carbocycles. The van der Waals surface area contributed by atoms with Gasteiger partial charge in [-0.25, -0.2) is 8.42 Å². The minimum Gasteiger partial charge on any atom is -0.457 e. The summed E-state index contributed by atoms with van der Waals surface area (Å²) in [5.74, 6) is 0.430. The lowest BCUT2D eigenvalue weighted by molar-refractivity contribution is -0.0491. The van der Waals surface area contributed by atoms with Crippen molar-refractivity contribution >= 4 is 35.1 Å². The molecule has 2 aromatic rings. The van der Waals surface area contributed by atoms with Crippen molar-refractivity contribution in [3.8, 4) is 11.5 Å². The molecule has 218 valence electrons. The fourth-order valence-corrected chi connectivity index (χ4v) is 6.59. The lowest BCUT2D eigenvalue weighted by Gasteiger charge is -2.26. The van der Waals surface area contributed by atoms with Gasteiger partial charge in [0.2, 0.25) is 0 Å². The normalized spacial score (nSPS) is 15.8. The van der Waals surface area contributed by atoms with Crippen molar-refractivity contribution in [2.75, 3.05) is 32.2 Å². The van der Waals surface area contributed by atoms with Crippen molar-refractivity contribution in [1.82, 2.24) is 5.32 Å². The van der Waals surface area contributed by atoms with Crippen molar-refractivity contribution in [2.24, 2.45) is 5.73 Å². The molecule has 40 heavy (non-hydrogen) atoms. The highest BCUT2D eigenvalue weighted by atomic mass is 32.2. The molecule has 0 saturated carbocycles. The summed E-state index contributed by atoms with van der Waals surface area (Å²) in [5, 5.41) is 4.57. The summed E-state index contributed by atoms with van der Waals surface area (Å²) in [6.07, 6.45) is 2.67. The summed E-state index contributed by atoms with van der Waals surface area (Å²) in [5.41, 5.74) is 7.48.